The third-order valence-electron chi connectivity index (χ3n) is 2.30. The molecule has 0 aliphatic rings. The molecule has 4 nitrogen and oxygen atoms in total. The number of esters is 2. The van der Waals surface area contributed by atoms with E-state index in [2.05, 4.69) is 0 Å². The molecule has 0 bridgehead atoms. The van der Waals surface area contributed by atoms with E-state index in [0.717, 1.165) is 4.40 Å². The van der Waals surface area contributed by atoms with Crippen LogP contribution in [0.3, 0.4) is 0 Å². The molecular weight excluding hydrogens is 316 g/mol. The number of rotatable bonds is 5. The van der Waals surface area contributed by atoms with Crippen molar-refractivity contribution in [2.24, 2.45) is 0 Å². The third-order valence-corrected chi connectivity index (χ3v) is 9.96. The van der Waals surface area contributed by atoms with Gasteiger partial charge in [-0.05, 0) is 0 Å². The number of hydrogen-bond donors (Lipinski definition) is 0. The summed E-state index contributed by atoms with van der Waals surface area (Å²) in [4.78, 5) is 21.8. The minimum atomic E-state index is -3.23. The second-order valence-corrected chi connectivity index (χ2v) is 14.1. The maximum atomic E-state index is 10.9. The molecule has 0 aliphatic heterocycles. The molecule has 0 atom stereocenters. The molecule has 1 aromatic carbocycles. The first-order chi connectivity index (χ1) is 8.44. The van der Waals surface area contributed by atoms with E-state index in [4.69, 9.17) is 19.5 Å². The van der Waals surface area contributed by atoms with Crippen molar-refractivity contribution in [2.45, 2.75) is 13.8 Å². The van der Waals surface area contributed by atoms with Crippen LogP contribution in [0.2, 0.25) is 0 Å². The van der Waals surface area contributed by atoms with Gasteiger partial charge in [0.15, 0.2) is 0 Å². The summed E-state index contributed by atoms with van der Waals surface area (Å²) in [5.41, 5.74) is 0.266. The van der Waals surface area contributed by atoms with Gasteiger partial charge in [0.05, 0.1) is 0 Å². The van der Waals surface area contributed by atoms with Gasteiger partial charge in [-0.25, -0.2) is 0 Å². The Kier molecular flexibility index (Phi) is 5.69. The van der Waals surface area contributed by atoms with Gasteiger partial charge in [0.2, 0.25) is 0 Å². The minimum absolute atomic E-state index is 0.133. The van der Waals surface area contributed by atoms with Gasteiger partial charge >= 0.3 is 113 Å². The van der Waals surface area contributed by atoms with Crippen molar-refractivity contribution in [3.8, 4) is 0 Å². The number of hydrogen-bond acceptors (Lipinski definition) is 4. The fraction of sp³-hybridized carbons (Fsp3) is 0.333. The third kappa shape index (κ3) is 4.70. The van der Waals surface area contributed by atoms with Gasteiger partial charge in [-0.1, -0.05) is 0 Å². The Bertz CT molecular complexity index is 403. The van der Waals surface area contributed by atoms with E-state index in [1.807, 2.05) is 30.3 Å². The quantitative estimate of drug-likeness (QED) is 0.603. The molecule has 0 saturated heterocycles. The molecule has 0 aromatic heterocycles. The van der Waals surface area contributed by atoms with Crippen LogP contribution in [-0.2, 0) is 19.1 Å². The molecule has 0 fully saturated rings. The van der Waals surface area contributed by atoms with Crippen molar-refractivity contribution in [2.75, 3.05) is 10.9 Å². The molecule has 0 N–H and O–H groups in total. The van der Waals surface area contributed by atoms with E-state index in [9.17, 15) is 9.59 Å². The molecule has 0 amide bonds. The van der Waals surface area contributed by atoms with Crippen molar-refractivity contribution in [1.29, 1.82) is 0 Å². The second kappa shape index (κ2) is 6.80. The predicted molar refractivity (Wildman–Crippen MR) is 70.9 cm³/mol. The molecule has 98 valence electrons. The molecule has 1 rings (SSSR count). The van der Waals surface area contributed by atoms with E-state index in [-0.39, 0.29) is 22.8 Å². The summed E-state index contributed by atoms with van der Waals surface area (Å²) in [5.74, 6) is -0.770. The molecular formula is C12H15ClGeO4. The van der Waals surface area contributed by atoms with Gasteiger partial charge in [-0.3, -0.25) is 0 Å². The number of benzene rings is 1. The zero-order valence-electron chi connectivity index (χ0n) is 10.3. The van der Waals surface area contributed by atoms with Crippen LogP contribution < -0.4 is 4.40 Å². The van der Waals surface area contributed by atoms with E-state index in [0.29, 0.717) is 0 Å². The normalized spacial score (nSPS) is 10.8. The monoisotopic (exact) mass is 332 g/mol. The van der Waals surface area contributed by atoms with Crippen LogP contribution in [0, 0.1) is 0 Å². The standard InChI is InChI=1S/C12H15ClGeO4/c1-10(15)17-8-14(13,9-18-11(2)16)12-6-4-3-5-7-12/h3-7H,8-9H2,1-2H3. The molecule has 0 aliphatic carbocycles. The average molecular weight is 331 g/mol. The Hall–Kier alpha value is -1.01. The number of carbonyl (C=O) groups excluding carboxylic acids is 2. The fourth-order valence-corrected chi connectivity index (χ4v) is 6.94. The number of carbonyl (C=O) groups is 2. The van der Waals surface area contributed by atoms with Crippen LogP contribution >= 0.6 is 10.0 Å². The van der Waals surface area contributed by atoms with Gasteiger partial charge < -0.3 is 0 Å². The van der Waals surface area contributed by atoms with Crippen LogP contribution in [0.5, 0.6) is 0 Å². The van der Waals surface area contributed by atoms with Gasteiger partial charge in [-0.15, -0.1) is 0 Å². The van der Waals surface area contributed by atoms with Crippen molar-refractivity contribution in [3.63, 3.8) is 0 Å². The summed E-state index contributed by atoms with van der Waals surface area (Å²) in [6.07, 6.45) is 0. The van der Waals surface area contributed by atoms with Crippen LogP contribution in [0.25, 0.3) is 0 Å². The summed E-state index contributed by atoms with van der Waals surface area (Å²) in [6.45, 7) is 2.66. The topological polar surface area (TPSA) is 52.6 Å². The van der Waals surface area contributed by atoms with E-state index in [1.54, 1.807) is 0 Å². The fourth-order valence-electron chi connectivity index (χ4n) is 1.38. The van der Waals surface area contributed by atoms with Gasteiger partial charge in [0.25, 0.3) is 0 Å². The molecule has 18 heavy (non-hydrogen) atoms. The van der Waals surface area contributed by atoms with Crippen LogP contribution in [-0.4, -0.2) is 35.2 Å². The zero-order valence-corrected chi connectivity index (χ0v) is 13.2. The van der Waals surface area contributed by atoms with Crippen molar-refractivity contribution in [3.05, 3.63) is 30.3 Å². The Labute approximate surface area is 113 Å². The summed E-state index contributed by atoms with van der Waals surface area (Å²) in [5, 5.41) is 0. The van der Waals surface area contributed by atoms with E-state index in [1.165, 1.54) is 13.8 Å². The van der Waals surface area contributed by atoms with Crippen LogP contribution in [0.4, 0.5) is 0 Å². The van der Waals surface area contributed by atoms with E-state index < -0.39 is 12.3 Å². The van der Waals surface area contributed by atoms with Gasteiger partial charge in [0, 0.05) is 0 Å². The first kappa shape index (κ1) is 15.1. The first-order valence-corrected chi connectivity index (χ1v) is 12.2. The number of ether oxygens (including phenoxy) is 2. The molecule has 0 spiro atoms. The van der Waals surface area contributed by atoms with Gasteiger partial charge in [-0.2, -0.15) is 0 Å². The zero-order chi connectivity index (χ0) is 13.6. The first-order valence-electron chi connectivity index (χ1n) is 5.45. The molecule has 0 saturated carbocycles. The Morgan fingerprint density at radius 3 is 1.89 bits per heavy atom. The van der Waals surface area contributed by atoms with Crippen molar-refractivity contribution < 1.29 is 19.1 Å². The Morgan fingerprint density at radius 2 is 1.50 bits per heavy atom. The van der Waals surface area contributed by atoms with Crippen LogP contribution in [0.1, 0.15) is 13.8 Å². The van der Waals surface area contributed by atoms with E-state index >= 15 is 0 Å². The molecule has 0 heterocycles. The molecule has 0 radical (unpaired) electrons. The maximum absolute atomic E-state index is 10.9. The summed E-state index contributed by atoms with van der Waals surface area (Å²) in [7, 11) is 6.59. The molecule has 0 unspecified atom stereocenters. The predicted octanol–water partition coefficient (Wildman–Crippen LogP) is 1.28. The second-order valence-electron chi connectivity index (χ2n) is 3.89. The Morgan fingerprint density at radius 1 is 1.06 bits per heavy atom. The van der Waals surface area contributed by atoms with Crippen molar-refractivity contribution in [1.82, 2.24) is 0 Å². The van der Waals surface area contributed by atoms with Gasteiger partial charge in [0.1, 0.15) is 0 Å². The summed E-state index contributed by atoms with van der Waals surface area (Å²) in [6, 6.07) is 9.35. The Balaban J connectivity index is 2.86. The molecule has 1 aromatic rings. The number of halogens is 1. The van der Waals surface area contributed by atoms with Crippen molar-refractivity contribution >= 4 is 38.7 Å². The summed E-state index contributed by atoms with van der Waals surface area (Å²) >= 11 is -3.23. The summed E-state index contributed by atoms with van der Waals surface area (Å²) < 4.78 is 10.9. The molecule has 6 heteroatoms. The average Bonchev–Trinajstić information content (AvgIpc) is 2.35. The van der Waals surface area contributed by atoms with Crippen LogP contribution in [0.15, 0.2) is 30.3 Å². The SMILES string of the molecule is CC(=O)O[CH2][Ge]([Cl])([CH2]OC(C)=O)[c]1ccccc1.